The number of ether oxygens (including phenoxy) is 1. The van der Waals surface area contributed by atoms with E-state index in [9.17, 15) is 14.4 Å². The topological polar surface area (TPSA) is 115 Å². The Morgan fingerprint density at radius 1 is 1.23 bits per heavy atom. The molecule has 2 aromatic rings. The highest BCUT2D eigenvalue weighted by Crippen LogP contribution is 2.30. The molecule has 0 unspecified atom stereocenters. The number of allylic oxidation sites excluding steroid dienone is 2. The monoisotopic (exact) mass is 442 g/mol. The second-order valence-electron chi connectivity index (χ2n) is 6.63. The molecule has 0 aliphatic carbocycles. The number of esters is 1. The molecular weight excluding hydrogens is 416 g/mol. The molecule has 0 fully saturated rings. The van der Waals surface area contributed by atoms with Gasteiger partial charge in [0.05, 0.1) is 19.6 Å². The number of rotatable bonds is 10. The van der Waals surface area contributed by atoms with Gasteiger partial charge >= 0.3 is 5.97 Å². The number of nitrogen functional groups attached to an aromatic ring is 1. The fourth-order valence-corrected chi connectivity index (χ4v) is 3.66. The number of hydrogen-bond acceptors (Lipinski definition) is 8. The standard InChI is InChI=1S/C22H26N4O4S/c1-4-30-20(28)11-10-19(31-22(29)17-8-6-5-7-9-17)15(2)26(14-27)13-18-12-24-16(3)25-21(18)23/h5-9,12,14H,4,10-11,13H2,1-3H3,(H2,23,24,25)/b19-15-. The fourth-order valence-electron chi connectivity index (χ4n) is 2.71. The molecule has 9 heteroatoms. The molecule has 0 saturated carbocycles. The maximum Gasteiger partial charge on any atom is 0.306 e. The van der Waals surface area contributed by atoms with Gasteiger partial charge in [0.1, 0.15) is 11.6 Å². The average Bonchev–Trinajstić information content (AvgIpc) is 2.76. The molecule has 1 heterocycles. The van der Waals surface area contributed by atoms with Crippen molar-refractivity contribution >= 4 is 35.1 Å². The van der Waals surface area contributed by atoms with Gasteiger partial charge in [-0.05, 0) is 39.0 Å². The zero-order chi connectivity index (χ0) is 22.8. The Bertz CT molecular complexity index is 963. The average molecular weight is 443 g/mol. The van der Waals surface area contributed by atoms with Crippen LogP contribution >= 0.6 is 11.8 Å². The Kier molecular flexibility index (Phi) is 9.20. The third-order valence-corrected chi connectivity index (χ3v) is 5.57. The highest BCUT2D eigenvalue weighted by molar-refractivity contribution is 8.17. The van der Waals surface area contributed by atoms with E-state index in [2.05, 4.69) is 9.97 Å². The van der Waals surface area contributed by atoms with Crippen LogP contribution in [-0.4, -0.2) is 39.0 Å². The maximum absolute atomic E-state index is 12.8. The summed E-state index contributed by atoms with van der Waals surface area (Å²) in [5, 5.41) is -0.178. The van der Waals surface area contributed by atoms with Gasteiger partial charge in [0.25, 0.3) is 0 Å². The Hall–Kier alpha value is -3.20. The van der Waals surface area contributed by atoms with Crippen molar-refractivity contribution in [3.8, 4) is 0 Å². The number of carbonyl (C=O) groups is 3. The quantitative estimate of drug-likeness (QED) is 0.439. The lowest BCUT2D eigenvalue weighted by molar-refractivity contribution is -0.143. The molecular formula is C22H26N4O4S. The summed E-state index contributed by atoms with van der Waals surface area (Å²) in [6.07, 6.45) is 2.59. The lowest BCUT2D eigenvalue weighted by atomic mass is 10.2. The van der Waals surface area contributed by atoms with Crippen LogP contribution in [0.2, 0.25) is 0 Å². The lowest BCUT2D eigenvalue weighted by Crippen LogP contribution is -2.22. The molecule has 0 saturated heterocycles. The molecule has 0 aliphatic heterocycles. The first-order chi connectivity index (χ1) is 14.8. The van der Waals surface area contributed by atoms with E-state index in [1.807, 2.05) is 6.07 Å². The normalized spacial score (nSPS) is 11.5. The van der Waals surface area contributed by atoms with E-state index in [0.717, 1.165) is 11.8 Å². The predicted octanol–water partition coefficient (Wildman–Crippen LogP) is 3.47. The van der Waals surface area contributed by atoms with Crippen LogP contribution in [0.25, 0.3) is 0 Å². The second-order valence-corrected chi connectivity index (χ2v) is 7.70. The van der Waals surface area contributed by atoms with Gasteiger partial charge in [0.15, 0.2) is 0 Å². The van der Waals surface area contributed by atoms with E-state index in [1.165, 1.54) is 4.90 Å². The molecule has 0 aliphatic rings. The first kappa shape index (κ1) is 24.1. The summed E-state index contributed by atoms with van der Waals surface area (Å²) in [7, 11) is 0. The van der Waals surface area contributed by atoms with Crippen molar-refractivity contribution in [1.82, 2.24) is 14.9 Å². The first-order valence-corrected chi connectivity index (χ1v) is 10.6. The highest BCUT2D eigenvalue weighted by Gasteiger charge is 2.19. The van der Waals surface area contributed by atoms with Gasteiger partial charge in [-0.25, -0.2) is 9.97 Å². The molecule has 0 radical (unpaired) electrons. The van der Waals surface area contributed by atoms with Crippen LogP contribution in [0, 0.1) is 6.92 Å². The molecule has 8 nitrogen and oxygen atoms in total. The molecule has 0 atom stereocenters. The maximum atomic E-state index is 12.8. The largest absolute Gasteiger partial charge is 0.466 e. The number of amides is 1. The number of aryl methyl sites for hydroxylation is 1. The first-order valence-electron chi connectivity index (χ1n) is 9.78. The summed E-state index contributed by atoms with van der Waals surface area (Å²) >= 11 is 0.997. The summed E-state index contributed by atoms with van der Waals surface area (Å²) in [5.41, 5.74) is 7.62. The summed E-state index contributed by atoms with van der Waals surface area (Å²) < 4.78 is 5.00. The van der Waals surface area contributed by atoms with Crippen molar-refractivity contribution in [2.45, 2.75) is 40.2 Å². The molecule has 0 bridgehead atoms. The third kappa shape index (κ3) is 7.21. The Morgan fingerprint density at radius 2 is 1.94 bits per heavy atom. The van der Waals surface area contributed by atoms with Crippen molar-refractivity contribution in [2.75, 3.05) is 12.3 Å². The fraction of sp³-hybridized carbons (Fsp3) is 0.318. The van der Waals surface area contributed by atoms with Gasteiger partial charge in [0.2, 0.25) is 11.5 Å². The van der Waals surface area contributed by atoms with Crippen LogP contribution in [0.5, 0.6) is 0 Å². The molecule has 2 N–H and O–H groups in total. The number of anilines is 1. The van der Waals surface area contributed by atoms with Crippen LogP contribution in [0.15, 0.2) is 47.1 Å². The van der Waals surface area contributed by atoms with E-state index in [4.69, 9.17) is 10.5 Å². The van der Waals surface area contributed by atoms with Gasteiger partial charge < -0.3 is 15.4 Å². The van der Waals surface area contributed by atoms with Crippen LogP contribution < -0.4 is 5.73 Å². The minimum Gasteiger partial charge on any atom is -0.466 e. The number of benzene rings is 1. The number of nitrogens with zero attached hydrogens (tertiary/aromatic N) is 3. The SMILES string of the molecule is CCOC(=O)CC/C(SC(=O)c1ccccc1)=C(\C)N(C=O)Cc1cnc(C)nc1N. The zero-order valence-electron chi connectivity index (χ0n) is 17.8. The van der Waals surface area contributed by atoms with E-state index in [-0.39, 0.29) is 42.9 Å². The number of nitrogens with two attached hydrogens (primary N) is 1. The molecule has 1 aromatic heterocycles. The number of hydrogen-bond donors (Lipinski definition) is 1. The zero-order valence-corrected chi connectivity index (χ0v) is 18.6. The third-order valence-electron chi connectivity index (χ3n) is 4.41. The van der Waals surface area contributed by atoms with Crippen molar-refractivity contribution in [3.05, 3.63) is 64.1 Å². The summed E-state index contributed by atoms with van der Waals surface area (Å²) in [5.74, 6) is 0.452. The smallest absolute Gasteiger partial charge is 0.306 e. The van der Waals surface area contributed by atoms with E-state index in [1.54, 1.807) is 51.2 Å². The van der Waals surface area contributed by atoms with Gasteiger partial charge in [-0.15, -0.1) is 0 Å². The van der Waals surface area contributed by atoms with Gasteiger partial charge in [-0.1, -0.05) is 30.3 Å². The van der Waals surface area contributed by atoms with Crippen LogP contribution in [0.3, 0.4) is 0 Å². The lowest BCUT2D eigenvalue weighted by Gasteiger charge is -2.22. The highest BCUT2D eigenvalue weighted by atomic mass is 32.2. The van der Waals surface area contributed by atoms with Crippen molar-refractivity contribution in [3.63, 3.8) is 0 Å². The van der Waals surface area contributed by atoms with E-state index in [0.29, 0.717) is 34.0 Å². The summed E-state index contributed by atoms with van der Waals surface area (Å²) in [6, 6.07) is 8.82. The van der Waals surface area contributed by atoms with E-state index < -0.39 is 0 Å². The number of thioether (sulfide) groups is 1. The molecule has 1 aromatic carbocycles. The minimum absolute atomic E-state index is 0.0953. The molecule has 164 valence electrons. The number of carbonyl (C=O) groups excluding carboxylic acids is 3. The van der Waals surface area contributed by atoms with Crippen LogP contribution in [-0.2, 0) is 20.9 Å². The van der Waals surface area contributed by atoms with Gasteiger partial charge in [-0.2, -0.15) is 0 Å². The van der Waals surface area contributed by atoms with Gasteiger partial charge in [-0.3, -0.25) is 14.4 Å². The van der Waals surface area contributed by atoms with Crippen LogP contribution in [0.1, 0.15) is 48.4 Å². The van der Waals surface area contributed by atoms with E-state index >= 15 is 0 Å². The summed E-state index contributed by atoms with van der Waals surface area (Å²) in [4.78, 5) is 46.8. The van der Waals surface area contributed by atoms with Crippen molar-refractivity contribution in [1.29, 1.82) is 0 Å². The Balaban J connectivity index is 2.30. The molecule has 31 heavy (non-hydrogen) atoms. The van der Waals surface area contributed by atoms with Gasteiger partial charge in [0, 0.05) is 27.9 Å². The van der Waals surface area contributed by atoms with Crippen molar-refractivity contribution < 1.29 is 19.1 Å². The Morgan fingerprint density at radius 3 is 2.55 bits per heavy atom. The molecule has 2 rings (SSSR count). The Labute approximate surface area is 185 Å². The second kappa shape index (κ2) is 11.8. The number of aromatic nitrogens is 2. The van der Waals surface area contributed by atoms with Crippen LogP contribution in [0.4, 0.5) is 5.82 Å². The molecule has 1 amide bonds. The minimum atomic E-state index is -0.366. The van der Waals surface area contributed by atoms with Crippen molar-refractivity contribution in [2.24, 2.45) is 0 Å². The predicted molar refractivity (Wildman–Crippen MR) is 120 cm³/mol. The summed E-state index contributed by atoms with van der Waals surface area (Å²) in [6.45, 7) is 5.60. The molecule has 0 spiro atoms.